The molecule has 128 valence electrons. The Bertz CT molecular complexity index is 793. The number of rotatable bonds is 5. The number of H-pyrrole nitrogens is 1. The normalized spacial score (nSPS) is 11.5. The van der Waals surface area contributed by atoms with Gasteiger partial charge >= 0.3 is 5.69 Å². The fourth-order valence-electron chi connectivity index (χ4n) is 2.03. The van der Waals surface area contributed by atoms with E-state index >= 15 is 0 Å². The molecular formula is C16H21N5O3. The molecule has 0 fully saturated rings. The second-order valence-corrected chi connectivity index (χ2v) is 6.07. The zero-order valence-electron chi connectivity index (χ0n) is 14.4. The molecule has 1 aromatic heterocycles. The lowest BCUT2D eigenvalue weighted by molar-refractivity contribution is 0.394. The number of hydrazone groups is 1. The van der Waals surface area contributed by atoms with Gasteiger partial charge in [-0.15, -0.1) is 0 Å². The zero-order valence-corrected chi connectivity index (χ0v) is 14.4. The minimum atomic E-state index is -0.539. The Kier molecular flexibility index (Phi) is 5.18. The van der Waals surface area contributed by atoms with E-state index in [0.717, 1.165) is 5.56 Å². The van der Waals surface area contributed by atoms with Crippen LogP contribution in [0.5, 0.6) is 11.5 Å². The minimum Gasteiger partial charge on any atom is -0.497 e. The van der Waals surface area contributed by atoms with Gasteiger partial charge in [-0.05, 0) is 12.1 Å². The van der Waals surface area contributed by atoms with Crippen molar-refractivity contribution in [2.24, 2.45) is 5.10 Å². The molecule has 0 bridgehead atoms. The van der Waals surface area contributed by atoms with Gasteiger partial charge in [-0.3, -0.25) is 5.43 Å². The van der Waals surface area contributed by atoms with Gasteiger partial charge in [-0.2, -0.15) is 15.2 Å². The van der Waals surface area contributed by atoms with Crippen LogP contribution in [-0.2, 0) is 5.41 Å². The quantitative estimate of drug-likeness (QED) is 0.641. The monoisotopic (exact) mass is 331 g/mol. The van der Waals surface area contributed by atoms with E-state index < -0.39 is 5.69 Å². The molecule has 1 heterocycles. The number of hydrogen-bond donors (Lipinski definition) is 2. The molecule has 1 aromatic carbocycles. The fourth-order valence-corrected chi connectivity index (χ4v) is 2.03. The second-order valence-electron chi connectivity index (χ2n) is 6.07. The van der Waals surface area contributed by atoms with Crippen molar-refractivity contribution < 1.29 is 9.47 Å². The van der Waals surface area contributed by atoms with Crippen LogP contribution >= 0.6 is 0 Å². The third kappa shape index (κ3) is 4.09. The molecule has 0 spiro atoms. The predicted octanol–water partition coefficient (Wildman–Crippen LogP) is 1.93. The first-order valence-electron chi connectivity index (χ1n) is 7.33. The van der Waals surface area contributed by atoms with Gasteiger partial charge in [0.15, 0.2) is 5.82 Å². The SMILES string of the molecule is COc1ccc(/C=N/Nc2nc(=O)[nH]nc2C(C)(C)C)c(OC)c1. The van der Waals surface area contributed by atoms with Crippen molar-refractivity contribution in [1.29, 1.82) is 0 Å². The van der Waals surface area contributed by atoms with Gasteiger partial charge in [0, 0.05) is 17.0 Å². The molecule has 2 rings (SSSR count). The largest absolute Gasteiger partial charge is 0.497 e. The summed E-state index contributed by atoms with van der Waals surface area (Å²) in [5.41, 5.74) is 3.30. The average Bonchev–Trinajstić information content (AvgIpc) is 2.54. The Balaban J connectivity index is 2.27. The Morgan fingerprint density at radius 1 is 1.25 bits per heavy atom. The smallest absolute Gasteiger partial charge is 0.363 e. The molecule has 0 aliphatic rings. The lowest BCUT2D eigenvalue weighted by Crippen LogP contribution is -2.24. The second kappa shape index (κ2) is 7.12. The maximum absolute atomic E-state index is 11.4. The third-order valence-electron chi connectivity index (χ3n) is 3.23. The van der Waals surface area contributed by atoms with Crippen molar-refractivity contribution in [3.05, 3.63) is 39.9 Å². The number of nitrogens with one attached hydrogen (secondary N) is 2. The van der Waals surface area contributed by atoms with E-state index in [9.17, 15) is 4.79 Å². The molecule has 0 saturated carbocycles. The van der Waals surface area contributed by atoms with Crippen LogP contribution in [-0.4, -0.2) is 35.6 Å². The Labute approximate surface area is 139 Å². The molecule has 8 heteroatoms. The summed E-state index contributed by atoms with van der Waals surface area (Å²) in [6, 6.07) is 5.38. The number of aromatic amines is 1. The first-order chi connectivity index (χ1) is 11.3. The van der Waals surface area contributed by atoms with E-state index in [1.54, 1.807) is 32.6 Å². The molecule has 0 radical (unpaired) electrons. The number of ether oxygens (including phenoxy) is 2. The van der Waals surface area contributed by atoms with Crippen LogP contribution in [0.15, 0.2) is 28.1 Å². The van der Waals surface area contributed by atoms with Crippen molar-refractivity contribution in [3.8, 4) is 11.5 Å². The number of anilines is 1. The summed E-state index contributed by atoms with van der Waals surface area (Å²) in [5, 5.41) is 10.5. The number of nitrogens with zero attached hydrogens (tertiary/aromatic N) is 3. The Morgan fingerprint density at radius 2 is 2.00 bits per heavy atom. The highest BCUT2D eigenvalue weighted by molar-refractivity contribution is 5.84. The summed E-state index contributed by atoms with van der Waals surface area (Å²) in [4.78, 5) is 15.3. The molecular weight excluding hydrogens is 310 g/mol. The summed E-state index contributed by atoms with van der Waals surface area (Å²) in [6.45, 7) is 5.91. The summed E-state index contributed by atoms with van der Waals surface area (Å²) in [7, 11) is 3.16. The lowest BCUT2D eigenvalue weighted by Gasteiger charge is -2.18. The van der Waals surface area contributed by atoms with Crippen molar-refractivity contribution >= 4 is 12.0 Å². The van der Waals surface area contributed by atoms with Gasteiger partial charge in [-0.25, -0.2) is 9.89 Å². The Morgan fingerprint density at radius 3 is 2.62 bits per heavy atom. The minimum absolute atomic E-state index is 0.299. The Hall–Kier alpha value is -2.90. The highest BCUT2D eigenvalue weighted by atomic mass is 16.5. The molecule has 0 atom stereocenters. The van der Waals surface area contributed by atoms with Crippen LogP contribution in [0.25, 0.3) is 0 Å². The van der Waals surface area contributed by atoms with Crippen LogP contribution in [0.3, 0.4) is 0 Å². The van der Waals surface area contributed by atoms with Gasteiger partial charge in [0.05, 0.1) is 20.4 Å². The molecule has 0 aliphatic heterocycles. The van der Waals surface area contributed by atoms with Crippen LogP contribution < -0.4 is 20.6 Å². The zero-order chi connectivity index (χ0) is 17.7. The third-order valence-corrected chi connectivity index (χ3v) is 3.23. The molecule has 0 amide bonds. The highest BCUT2D eigenvalue weighted by Gasteiger charge is 2.21. The molecule has 2 N–H and O–H groups in total. The van der Waals surface area contributed by atoms with E-state index in [4.69, 9.17) is 9.47 Å². The maximum atomic E-state index is 11.4. The summed E-state index contributed by atoms with van der Waals surface area (Å²) in [5.74, 6) is 1.62. The molecule has 24 heavy (non-hydrogen) atoms. The summed E-state index contributed by atoms with van der Waals surface area (Å²) < 4.78 is 10.5. The number of hydrogen-bond acceptors (Lipinski definition) is 7. The molecule has 0 aliphatic carbocycles. The number of aromatic nitrogens is 3. The predicted molar refractivity (Wildman–Crippen MR) is 92.1 cm³/mol. The van der Waals surface area contributed by atoms with Crippen LogP contribution in [0.1, 0.15) is 32.0 Å². The number of methoxy groups -OCH3 is 2. The van der Waals surface area contributed by atoms with Gasteiger partial charge in [0.25, 0.3) is 0 Å². The fraction of sp³-hybridized carbons (Fsp3) is 0.375. The van der Waals surface area contributed by atoms with E-state index in [1.165, 1.54) is 0 Å². The average molecular weight is 331 g/mol. The standard InChI is InChI=1S/C16H21N5O3/c1-16(2,3)13-14(18-15(22)21-19-13)20-17-9-10-6-7-11(23-4)8-12(10)24-5/h6-9H,1-5H3,(H2,18,20,21,22)/b17-9+. The van der Waals surface area contributed by atoms with Crippen molar-refractivity contribution in [3.63, 3.8) is 0 Å². The van der Waals surface area contributed by atoms with Crippen molar-refractivity contribution in [2.75, 3.05) is 19.6 Å². The van der Waals surface area contributed by atoms with Gasteiger partial charge in [0.1, 0.15) is 17.2 Å². The molecule has 8 nitrogen and oxygen atoms in total. The first kappa shape index (κ1) is 17.5. The van der Waals surface area contributed by atoms with E-state index in [-0.39, 0.29) is 5.41 Å². The lowest BCUT2D eigenvalue weighted by atomic mass is 9.92. The molecule has 0 unspecified atom stereocenters. The van der Waals surface area contributed by atoms with Gasteiger partial charge in [-0.1, -0.05) is 20.8 Å². The molecule has 2 aromatic rings. The highest BCUT2D eigenvalue weighted by Crippen LogP contribution is 2.25. The number of benzene rings is 1. The van der Waals surface area contributed by atoms with Crippen molar-refractivity contribution in [2.45, 2.75) is 26.2 Å². The van der Waals surface area contributed by atoms with Crippen LogP contribution in [0, 0.1) is 0 Å². The first-order valence-corrected chi connectivity index (χ1v) is 7.33. The van der Waals surface area contributed by atoms with Gasteiger partial charge in [0.2, 0.25) is 0 Å². The topological polar surface area (TPSA) is 101 Å². The van der Waals surface area contributed by atoms with E-state index in [0.29, 0.717) is 23.0 Å². The maximum Gasteiger partial charge on any atom is 0.363 e. The van der Waals surface area contributed by atoms with Crippen LogP contribution in [0.4, 0.5) is 5.82 Å². The summed E-state index contributed by atoms with van der Waals surface area (Å²) >= 11 is 0. The van der Waals surface area contributed by atoms with Gasteiger partial charge < -0.3 is 9.47 Å². The van der Waals surface area contributed by atoms with Crippen molar-refractivity contribution in [1.82, 2.24) is 15.2 Å². The van der Waals surface area contributed by atoms with Crippen LogP contribution in [0.2, 0.25) is 0 Å². The molecule has 0 saturated heterocycles. The van der Waals surface area contributed by atoms with E-state index in [2.05, 4.69) is 25.7 Å². The summed E-state index contributed by atoms with van der Waals surface area (Å²) in [6.07, 6.45) is 1.58. The van der Waals surface area contributed by atoms with E-state index in [1.807, 2.05) is 26.8 Å².